The van der Waals surface area contributed by atoms with E-state index in [4.69, 9.17) is 129 Å². The van der Waals surface area contributed by atoms with Crippen molar-refractivity contribution in [2.45, 2.75) is 6.92 Å². The SMILES string of the molecule is C#Cc1cc(C#C)cc(Nc2ncnc3cc(OC)c(OC)cc23)c1.C#Cc1cc(Nc2ncnc3cc(OCCOC)ccc23)cc(OCCN2CCOCC2)c1.C#Cc1cc(Nc2ncnc3cc(OCCOC)ccc23)cc(OCCOC)c1.C#Cc1cc(Nc2ncnc3cc(OCCOC)ccc23)cc(OCCOCC)c1.C#Cc1cc(Nc2ncnc3cc(OCCOC)ccc23)cc(OCCOCCO)c1. The van der Waals surface area contributed by atoms with Gasteiger partial charge in [0, 0.05) is 205 Å². The zero-order chi connectivity index (χ0) is 104. The highest BCUT2D eigenvalue weighted by atomic mass is 16.6. The van der Waals surface area contributed by atoms with Crippen molar-refractivity contribution in [3.63, 3.8) is 0 Å². The number of terminal acetylenes is 6. The minimum Gasteiger partial charge on any atom is -0.493 e. The van der Waals surface area contributed by atoms with Crippen LogP contribution < -0.4 is 74.0 Å². The molecule has 1 aliphatic heterocycles. The predicted molar refractivity (Wildman–Crippen MR) is 572 cm³/mol. The number of fused-ring (bicyclic) bond motifs is 5. The van der Waals surface area contributed by atoms with Crippen LogP contribution in [0.5, 0.6) is 57.5 Å². The summed E-state index contributed by atoms with van der Waals surface area (Å²) >= 11 is 0. The second-order valence-electron chi connectivity index (χ2n) is 31.6. The number of aliphatic hydroxyl groups is 1. The molecule has 15 aromatic rings. The maximum Gasteiger partial charge on any atom is 0.162 e. The molecule has 0 spiro atoms. The van der Waals surface area contributed by atoms with Crippen molar-refractivity contribution < 1.29 is 90.4 Å². The molecule has 0 aliphatic carbocycles. The Morgan fingerprint density at radius 2 is 0.554 bits per heavy atom. The Morgan fingerprint density at radius 3 is 0.851 bits per heavy atom. The van der Waals surface area contributed by atoms with Crippen molar-refractivity contribution in [1.82, 2.24) is 54.7 Å². The molecule has 1 fully saturated rings. The number of hydrogen-bond acceptors (Lipinski definition) is 35. The van der Waals surface area contributed by atoms with Gasteiger partial charge < -0.3 is 117 Å². The van der Waals surface area contributed by atoms with Crippen LogP contribution in [0.15, 0.2) is 208 Å². The molecule has 0 unspecified atom stereocenters. The maximum atomic E-state index is 8.75. The largest absolute Gasteiger partial charge is 0.493 e. The number of methoxy groups -OCH3 is 7. The molecular weight excluding hydrogens is 1890 g/mol. The van der Waals surface area contributed by atoms with E-state index in [2.05, 4.69) is 117 Å². The van der Waals surface area contributed by atoms with Crippen LogP contribution in [0.2, 0.25) is 0 Å². The molecule has 0 atom stereocenters. The quantitative estimate of drug-likeness (QED) is 0.0152. The van der Waals surface area contributed by atoms with E-state index >= 15 is 0 Å². The Kier molecular flexibility index (Phi) is 44.3. The Labute approximate surface area is 860 Å². The third-order valence-electron chi connectivity index (χ3n) is 21.4. The standard InChI is InChI=1S/C25H28N4O4.C23H25N3O5.C23H25N3O4.C22H23N3O4.C20H15N3O2/c1-3-19-14-20(16-22(15-19)32-11-8-29-6-9-31-10-7-29)28-25-23-5-4-21(33-13-12-30-2)17-24(23)26-18-27-25;1-3-17-12-18(14-20(13-17)31-11-9-29-7-6-27)26-23-21-5-4-19(30-10-8-28-2)15-22(21)24-16-25-23;1-4-17-12-18(14-20(13-17)30-11-9-28-5-2)26-23-21-7-6-19(29-10-8-27-3)15-22(21)24-16-25-23;1-4-16-11-17(13-19(12-16)29-10-8-27-3)25-22-20-6-5-18(28-9-7-26-2)14-21(20)23-15-24-22;1-5-13-7-14(6-2)9-15(8-13)23-20-16-10-18(24-3)19(25-4)11-17(16)21-12-22-20/h1,4-5,14-18H,6-13H2,2H3,(H,26,27,28);1,4-5,12-16,27H,6-11H2,2H3,(H,24,25,26);1,6-7,12-16H,5,8-11H2,2-3H3,(H,24,25,26);1,5-6,11-15H,7-10H2,2-3H3,(H,23,24,25);1-2,7-12H,3-4H3,(H,21,22,23). The lowest BCUT2D eigenvalue weighted by Gasteiger charge is -2.26. The number of hydrogen-bond donors (Lipinski definition) is 6. The molecule has 0 radical (unpaired) electrons. The first kappa shape index (κ1) is 110. The summed E-state index contributed by atoms with van der Waals surface area (Å²) in [6.45, 7) is 14.3. The van der Waals surface area contributed by atoms with Gasteiger partial charge in [-0.1, -0.05) is 35.5 Å². The highest BCUT2D eigenvalue weighted by Crippen LogP contribution is 2.38. The van der Waals surface area contributed by atoms with Crippen molar-refractivity contribution in [2.75, 3.05) is 228 Å². The molecule has 5 aromatic heterocycles. The van der Waals surface area contributed by atoms with Crippen LogP contribution in [0.25, 0.3) is 54.5 Å². The molecule has 16 rings (SSSR count). The van der Waals surface area contributed by atoms with E-state index in [0.717, 1.165) is 139 Å². The summed E-state index contributed by atoms with van der Waals surface area (Å²) in [6, 6.07) is 54.0. The second kappa shape index (κ2) is 59.8. The Hall–Kier alpha value is -17.1. The fraction of sp³-hybridized carbons (Fsp3) is 0.274. The Balaban J connectivity index is 0.000000165. The Morgan fingerprint density at radius 1 is 0.284 bits per heavy atom. The van der Waals surface area contributed by atoms with Crippen molar-refractivity contribution in [2.24, 2.45) is 0 Å². The highest BCUT2D eigenvalue weighted by molar-refractivity contribution is 5.96. The number of anilines is 10. The van der Waals surface area contributed by atoms with Crippen molar-refractivity contribution >= 4 is 112 Å². The van der Waals surface area contributed by atoms with Gasteiger partial charge in [-0.3, -0.25) is 4.90 Å². The van der Waals surface area contributed by atoms with E-state index < -0.39 is 0 Å². The topological polar surface area (TPSA) is 379 Å². The molecule has 1 aliphatic rings. The molecule has 148 heavy (non-hydrogen) atoms. The Bertz CT molecular complexity index is 7110. The van der Waals surface area contributed by atoms with E-state index in [9.17, 15) is 0 Å². The number of nitrogens with zero attached hydrogens (tertiary/aromatic N) is 11. The van der Waals surface area contributed by atoms with Crippen LogP contribution in [0, 0.1) is 74.1 Å². The first-order valence-corrected chi connectivity index (χ1v) is 46.9. The van der Waals surface area contributed by atoms with Crippen LogP contribution in [-0.2, 0) is 37.9 Å². The second-order valence-corrected chi connectivity index (χ2v) is 31.6. The monoisotopic (exact) mass is 2000 g/mol. The first-order valence-electron chi connectivity index (χ1n) is 46.9. The summed E-state index contributed by atoms with van der Waals surface area (Å²) in [4.78, 5) is 45.9. The van der Waals surface area contributed by atoms with Crippen LogP contribution in [0.4, 0.5) is 57.5 Å². The summed E-state index contributed by atoms with van der Waals surface area (Å²) in [6.07, 6.45) is 41.0. The minimum absolute atomic E-state index is 0.0195. The number of aliphatic hydroxyl groups excluding tert-OH is 1. The fourth-order valence-electron chi connectivity index (χ4n) is 14.4. The number of morpholine rings is 1. The summed E-state index contributed by atoms with van der Waals surface area (Å²) in [7, 11) is 11.3. The van der Waals surface area contributed by atoms with Crippen molar-refractivity contribution in [3.05, 3.63) is 241 Å². The van der Waals surface area contributed by atoms with Crippen molar-refractivity contribution in [1.29, 1.82) is 0 Å². The van der Waals surface area contributed by atoms with Gasteiger partial charge in [-0.2, -0.15) is 0 Å². The lowest BCUT2D eigenvalue weighted by atomic mass is 10.1. The maximum absolute atomic E-state index is 8.75. The number of ether oxygens (including phenoxy) is 18. The predicted octanol–water partition coefficient (Wildman–Crippen LogP) is 16.4. The van der Waals surface area contributed by atoms with E-state index in [1.165, 1.54) is 31.6 Å². The van der Waals surface area contributed by atoms with Gasteiger partial charge in [0.25, 0.3) is 0 Å². The van der Waals surface area contributed by atoms with Gasteiger partial charge >= 0.3 is 0 Å². The molecule has 10 aromatic carbocycles. The van der Waals surface area contributed by atoms with E-state index in [1.807, 2.05) is 165 Å². The van der Waals surface area contributed by atoms with Gasteiger partial charge in [-0.25, -0.2) is 49.8 Å². The number of nitrogens with one attached hydrogen (secondary N) is 5. The molecule has 35 nitrogen and oxygen atoms in total. The first-order chi connectivity index (χ1) is 72.6. The van der Waals surface area contributed by atoms with Crippen LogP contribution in [0.3, 0.4) is 0 Å². The average Bonchev–Trinajstić information content (AvgIpc) is 0.762. The third-order valence-corrected chi connectivity index (χ3v) is 21.4. The van der Waals surface area contributed by atoms with Crippen LogP contribution in [0.1, 0.15) is 40.3 Å². The molecule has 0 amide bonds. The smallest absolute Gasteiger partial charge is 0.162 e. The molecule has 0 bridgehead atoms. The third kappa shape index (κ3) is 34.0. The number of aromatic nitrogens is 10. The van der Waals surface area contributed by atoms with Gasteiger partial charge in [0.05, 0.1) is 114 Å². The summed E-state index contributed by atoms with van der Waals surface area (Å²) in [5, 5.41) is 29.5. The average molecular weight is 2000 g/mol. The molecule has 35 heteroatoms. The molecule has 0 saturated carbocycles. The molecule has 6 heterocycles. The molecule has 762 valence electrons. The normalized spacial score (nSPS) is 11.2. The van der Waals surface area contributed by atoms with Gasteiger partial charge in [0.2, 0.25) is 0 Å². The summed E-state index contributed by atoms with van der Waals surface area (Å²) < 4.78 is 97.5. The summed E-state index contributed by atoms with van der Waals surface area (Å²) in [5.74, 6) is 25.8. The fourth-order valence-corrected chi connectivity index (χ4v) is 14.4. The van der Waals surface area contributed by atoms with Gasteiger partial charge in [-0.05, 0) is 128 Å². The lowest BCUT2D eigenvalue weighted by molar-refractivity contribution is 0.0322. The molecule has 1 saturated heterocycles. The lowest BCUT2D eigenvalue weighted by Crippen LogP contribution is -2.38. The van der Waals surface area contributed by atoms with Gasteiger partial charge in [0.1, 0.15) is 160 Å². The number of rotatable bonds is 47. The van der Waals surface area contributed by atoms with Gasteiger partial charge in [-0.15, -0.1) is 38.5 Å². The van der Waals surface area contributed by atoms with E-state index in [-0.39, 0.29) is 13.2 Å². The highest BCUT2D eigenvalue weighted by Gasteiger charge is 2.19. The van der Waals surface area contributed by atoms with Crippen molar-refractivity contribution in [3.8, 4) is 132 Å². The minimum atomic E-state index is -0.0195. The molecule has 6 N–H and O–H groups in total. The number of benzene rings is 10. The van der Waals surface area contributed by atoms with Crippen LogP contribution >= 0.6 is 0 Å². The summed E-state index contributed by atoms with van der Waals surface area (Å²) in [5.41, 5.74) is 11.8. The van der Waals surface area contributed by atoms with E-state index in [0.29, 0.717) is 203 Å². The van der Waals surface area contributed by atoms with E-state index in [1.54, 1.807) is 68.0 Å². The zero-order valence-electron chi connectivity index (χ0n) is 83.6. The molecular formula is C113H116N16O19. The van der Waals surface area contributed by atoms with Gasteiger partial charge in [0.15, 0.2) is 11.5 Å². The van der Waals surface area contributed by atoms with Crippen LogP contribution in [-0.4, -0.2) is 261 Å². The zero-order valence-corrected chi connectivity index (χ0v) is 83.6.